The number of unbranched alkanes of at least 4 members (excludes halogenated alkanes) is 9. The normalized spacial score (nSPS) is 24.8. The molecule has 4 N–H and O–H groups in total. The molecule has 0 aromatic heterocycles. The van der Waals surface area contributed by atoms with Gasteiger partial charge in [-0.1, -0.05) is 82.9 Å². The van der Waals surface area contributed by atoms with Crippen molar-refractivity contribution in [3.63, 3.8) is 0 Å². The second-order valence-electron chi connectivity index (χ2n) is 8.16. The first kappa shape index (κ1) is 25.1. The summed E-state index contributed by atoms with van der Waals surface area (Å²) in [5.74, 6) is 0.558. The lowest BCUT2D eigenvalue weighted by atomic mass is 9.91. The Morgan fingerprint density at radius 3 is 2.07 bits per heavy atom. The molecule has 0 unspecified atom stereocenters. The topological polar surface area (TPSA) is 99.4 Å². The van der Waals surface area contributed by atoms with E-state index in [0.717, 1.165) is 12.8 Å². The number of aliphatic hydroxyl groups is 4. The average molecular weight is 424 g/mol. The molecule has 6 heteroatoms. The van der Waals surface area contributed by atoms with Crippen LogP contribution in [0.3, 0.4) is 0 Å². The van der Waals surface area contributed by atoms with Gasteiger partial charge in [0.15, 0.2) is 6.10 Å². The summed E-state index contributed by atoms with van der Waals surface area (Å²) in [6.07, 6.45) is 7.48. The van der Waals surface area contributed by atoms with E-state index in [1.54, 1.807) is 18.2 Å². The Kier molecular flexibility index (Phi) is 11.7. The van der Waals surface area contributed by atoms with Gasteiger partial charge in [-0.2, -0.15) is 0 Å². The van der Waals surface area contributed by atoms with Gasteiger partial charge in [0, 0.05) is 5.56 Å². The van der Waals surface area contributed by atoms with Crippen molar-refractivity contribution in [3.05, 3.63) is 35.9 Å². The minimum atomic E-state index is -1.43. The molecule has 1 aliphatic heterocycles. The van der Waals surface area contributed by atoms with Crippen LogP contribution in [0.5, 0.6) is 5.75 Å². The van der Waals surface area contributed by atoms with Gasteiger partial charge in [-0.3, -0.25) is 0 Å². The first-order valence-corrected chi connectivity index (χ1v) is 11.5. The highest BCUT2D eigenvalue weighted by atomic mass is 16.5. The van der Waals surface area contributed by atoms with E-state index < -0.39 is 31.0 Å². The highest BCUT2D eigenvalue weighted by molar-refractivity contribution is 5.43. The molecule has 1 aliphatic rings. The van der Waals surface area contributed by atoms with E-state index >= 15 is 0 Å². The highest BCUT2D eigenvalue weighted by Crippen LogP contribution is 2.36. The summed E-state index contributed by atoms with van der Waals surface area (Å²) >= 11 is 0. The molecule has 2 rings (SSSR count). The predicted octanol–water partition coefficient (Wildman–Crippen LogP) is 3.34. The third kappa shape index (κ3) is 7.50. The Morgan fingerprint density at radius 1 is 0.833 bits per heavy atom. The number of aliphatic hydroxyl groups excluding tert-OH is 4. The van der Waals surface area contributed by atoms with E-state index in [9.17, 15) is 20.4 Å². The molecule has 0 aliphatic carbocycles. The lowest BCUT2D eigenvalue weighted by Crippen LogP contribution is -2.55. The number of benzene rings is 1. The fourth-order valence-corrected chi connectivity index (χ4v) is 3.80. The van der Waals surface area contributed by atoms with E-state index in [2.05, 4.69) is 6.92 Å². The van der Waals surface area contributed by atoms with Gasteiger partial charge in [0.25, 0.3) is 0 Å². The van der Waals surface area contributed by atoms with Crippen molar-refractivity contribution in [1.29, 1.82) is 0 Å². The van der Waals surface area contributed by atoms with Crippen molar-refractivity contribution in [2.75, 3.05) is 13.2 Å². The molecular weight excluding hydrogens is 384 g/mol. The summed E-state index contributed by atoms with van der Waals surface area (Å²) in [5, 5.41) is 39.8. The fraction of sp³-hybridized carbons (Fsp3) is 0.708. The van der Waals surface area contributed by atoms with Gasteiger partial charge in [-0.05, 0) is 12.5 Å². The Morgan fingerprint density at radius 2 is 1.43 bits per heavy atom. The molecular formula is C24H39O6. The van der Waals surface area contributed by atoms with Crippen LogP contribution in [0.1, 0.15) is 76.7 Å². The molecule has 4 atom stereocenters. The van der Waals surface area contributed by atoms with Crippen molar-refractivity contribution in [1.82, 2.24) is 0 Å². The van der Waals surface area contributed by atoms with Crippen LogP contribution in [-0.2, 0) is 4.74 Å². The maximum atomic E-state index is 10.3. The summed E-state index contributed by atoms with van der Waals surface area (Å²) < 4.78 is 11.5. The SMILES string of the molecule is CCCCCCCCCCCCOc1ccccc1[C]1O[C@H](CO)[C@H](O)[C@H](O)[C@H]1O. The van der Waals surface area contributed by atoms with Crippen LogP contribution in [0, 0.1) is 6.10 Å². The van der Waals surface area contributed by atoms with Crippen LogP contribution < -0.4 is 4.74 Å². The Hall–Kier alpha value is -1.18. The molecule has 1 aromatic rings. The zero-order valence-electron chi connectivity index (χ0n) is 18.2. The van der Waals surface area contributed by atoms with Crippen molar-refractivity contribution in [2.24, 2.45) is 0 Å². The van der Waals surface area contributed by atoms with E-state index in [4.69, 9.17) is 9.47 Å². The van der Waals surface area contributed by atoms with E-state index in [1.807, 2.05) is 6.07 Å². The van der Waals surface area contributed by atoms with Crippen molar-refractivity contribution < 1.29 is 29.9 Å². The Bertz CT molecular complexity index is 579. The molecule has 1 heterocycles. The smallest absolute Gasteiger partial charge is 0.161 e. The van der Waals surface area contributed by atoms with Gasteiger partial charge >= 0.3 is 0 Å². The standard InChI is InChI=1S/C24H39O6/c1-2-3-4-5-6-7-8-9-10-13-16-29-19-15-12-11-14-18(19)24-23(28)22(27)21(26)20(17-25)30-24/h11-12,14-15,20-23,25-28H,2-10,13,16-17H2,1H3/t20-,21+,22+,23-/m1/s1. The zero-order chi connectivity index (χ0) is 21.8. The summed E-state index contributed by atoms with van der Waals surface area (Å²) in [6, 6.07) is 7.16. The molecule has 6 nitrogen and oxygen atoms in total. The van der Waals surface area contributed by atoms with Gasteiger partial charge in [0.2, 0.25) is 0 Å². The minimum absolute atomic E-state index is 0.116. The van der Waals surface area contributed by atoms with Crippen LogP contribution in [0.25, 0.3) is 0 Å². The van der Waals surface area contributed by atoms with E-state index in [0.29, 0.717) is 17.9 Å². The molecule has 1 fully saturated rings. The number of hydrogen-bond donors (Lipinski definition) is 4. The Balaban J connectivity index is 1.75. The quantitative estimate of drug-likeness (QED) is 0.343. The van der Waals surface area contributed by atoms with Gasteiger partial charge < -0.3 is 29.9 Å². The highest BCUT2D eigenvalue weighted by Gasteiger charge is 2.45. The second kappa shape index (κ2) is 14.0. The number of ether oxygens (including phenoxy) is 2. The predicted molar refractivity (Wildman–Crippen MR) is 116 cm³/mol. The van der Waals surface area contributed by atoms with Crippen LogP contribution in [0.4, 0.5) is 0 Å². The van der Waals surface area contributed by atoms with Gasteiger partial charge in [-0.25, -0.2) is 0 Å². The molecule has 0 saturated carbocycles. The molecule has 1 saturated heterocycles. The fourth-order valence-electron chi connectivity index (χ4n) is 3.80. The summed E-state index contributed by atoms with van der Waals surface area (Å²) in [4.78, 5) is 0. The number of rotatable bonds is 14. The molecule has 30 heavy (non-hydrogen) atoms. The van der Waals surface area contributed by atoms with Crippen LogP contribution >= 0.6 is 0 Å². The van der Waals surface area contributed by atoms with Gasteiger partial charge in [0.05, 0.1) is 13.2 Å². The maximum Gasteiger partial charge on any atom is 0.161 e. The maximum absolute atomic E-state index is 10.3. The van der Waals surface area contributed by atoms with Crippen molar-refractivity contribution in [3.8, 4) is 5.75 Å². The third-order valence-corrected chi connectivity index (χ3v) is 5.69. The lowest BCUT2D eigenvalue weighted by molar-refractivity contribution is -0.184. The van der Waals surface area contributed by atoms with E-state index in [1.165, 1.54) is 51.4 Å². The minimum Gasteiger partial charge on any atom is -0.493 e. The van der Waals surface area contributed by atoms with E-state index in [-0.39, 0.29) is 6.10 Å². The van der Waals surface area contributed by atoms with Crippen LogP contribution in [0.15, 0.2) is 24.3 Å². The first-order chi connectivity index (χ1) is 14.6. The van der Waals surface area contributed by atoms with Gasteiger partial charge in [0.1, 0.15) is 30.2 Å². The zero-order valence-corrected chi connectivity index (χ0v) is 18.2. The van der Waals surface area contributed by atoms with Crippen LogP contribution in [-0.4, -0.2) is 58.1 Å². The van der Waals surface area contributed by atoms with Crippen LogP contribution in [0.2, 0.25) is 0 Å². The third-order valence-electron chi connectivity index (χ3n) is 5.69. The van der Waals surface area contributed by atoms with Crippen molar-refractivity contribution >= 4 is 0 Å². The monoisotopic (exact) mass is 423 g/mol. The second-order valence-corrected chi connectivity index (χ2v) is 8.16. The summed E-state index contributed by atoms with van der Waals surface area (Å²) in [5.41, 5.74) is 0.529. The van der Waals surface area contributed by atoms with Gasteiger partial charge in [-0.15, -0.1) is 0 Å². The molecule has 0 amide bonds. The first-order valence-electron chi connectivity index (χ1n) is 11.5. The molecule has 1 aromatic carbocycles. The number of hydrogen-bond acceptors (Lipinski definition) is 6. The molecule has 0 spiro atoms. The molecule has 0 bridgehead atoms. The van der Waals surface area contributed by atoms with Crippen molar-refractivity contribution in [2.45, 2.75) is 95.5 Å². The lowest BCUT2D eigenvalue weighted by Gasteiger charge is -2.39. The summed E-state index contributed by atoms with van der Waals surface area (Å²) in [6.45, 7) is 2.34. The largest absolute Gasteiger partial charge is 0.493 e. The summed E-state index contributed by atoms with van der Waals surface area (Å²) in [7, 11) is 0. The molecule has 1 radical (unpaired) electrons. The average Bonchev–Trinajstić information content (AvgIpc) is 2.76. The Labute approximate surface area is 180 Å². The number of para-hydroxylation sites is 1. The molecule has 171 valence electrons.